The Morgan fingerprint density at radius 3 is 2.72 bits per heavy atom. The smallest absolute Gasteiger partial charge is 0.231 e. The Kier molecular flexibility index (Phi) is 3.34. The molecule has 1 aromatic rings. The SMILES string of the molecule is COc1ccc2c(c1)CC(C)N(S(C)(=O)=O)C=C2. The van der Waals surface area contributed by atoms with Crippen LogP contribution < -0.4 is 4.74 Å². The average Bonchev–Trinajstić information content (AvgIpc) is 2.45. The molecule has 1 aliphatic heterocycles. The predicted molar refractivity (Wildman–Crippen MR) is 71.9 cm³/mol. The van der Waals surface area contributed by atoms with Gasteiger partial charge >= 0.3 is 0 Å². The Morgan fingerprint density at radius 2 is 2.11 bits per heavy atom. The van der Waals surface area contributed by atoms with Crippen LogP contribution >= 0.6 is 0 Å². The van der Waals surface area contributed by atoms with Gasteiger partial charge in [0.25, 0.3) is 0 Å². The zero-order valence-corrected chi connectivity index (χ0v) is 11.6. The maximum absolute atomic E-state index is 11.7. The molecule has 1 aliphatic rings. The summed E-state index contributed by atoms with van der Waals surface area (Å²) in [6.07, 6.45) is 5.37. The van der Waals surface area contributed by atoms with Gasteiger partial charge in [-0.15, -0.1) is 0 Å². The molecule has 98 valence electrons. The standard InChI is InChI=1S/C13H17NO3S/c1-10-8-12-9-13(17-2)5-4-11(12)6-7-14(10)18(3,15)16/h4-7,9-10H,8H2,1-3H3. The van der Waals surface area contributed by atoms with Crippen molar-refractivity contribution in [3.8, 4) is 5.75 Å². The van der Waals surface area contributed by atoms with Gasteiger partial charge in [0.15, 0.2) is 0 Å². The van der Waals surface area contributed by atoms with Gasteiger partial charge < -0.3 is 4.74 Å². The van der Waals surface area contributed by atoms with E-state index in [0.717, 1.165) is 16.9 Å². The predicted octanol–water partition coefficient (Wildman–Crippen LogP) is 1.87. The highest BCUT2D eigenvalue weighted by Gasteiger charge is 2.22. The monoisotopic (exact) mass is 267 g/mol. The van der Waals surface area contributed by atoms with Crippen LogP contribution in [0.2, 0.25) is 0 Å². The zero-order valence-electron chi connectivity index (χ0n) is 10.8. The van der Waals surface area contributed by atoms with Gasteiger partial charge in [0, 0.05) is 12.2 Å². The summed E-state index contributed by atoms with van der Waals surface area (Å²) in [4.78, 5) is 0. The minimum Gasteiger partial charge on any atom is -0.497 e. The molecule has 1 atom stereocenters. The number of hydrogen-bond donors (Lipinski definition) is 0. The molecule has 0 amide bonds. The lowest BCUT2D eigenvalue weighted by molar-refractivity contribution is 0.411. The second-order valence-corrected chi connectivity index (χ2v) is 6.41. The first-order valence-corrected chi connectivity index (χ1v) is 7.60. The Hall–Kier alpha value is -1.49. The van der Waals surface area contributed by atoms with Crippen LogP contribution in [0.3, 0.4) is 0 Å². The highest BCUT2D eigenvalue weighted by atomic mass is 32.2. The molecule has 1 heterocycles. The number of ether oxygens (including phenoxy) is 1. The largest absolute Gasteiger partial charge is 0.497 e. The summed E-state index contributed by atoms with van der Waals surface area (Å²) in [6.45, 7) is 1.90. The van der Waals surface area contributed by atoms with Gasteiger partial charge in [-0.25, -0.2) is 8.42 Å². The summed E-state index contributed by atoms with van der Waals surface area (Å²) < 4.78 is 29.9. The van der Waals surface area contributed by atoms with Crippen LogP contribution in [0.4, 0.5) is 0 Å². The molecule has 1 unspecified atom stereocenters. The number of hydrogen-bond acceptors (Lipinski definition) is 3. The van der Waals surface area contributed by atoms with E-state index in [4.69, 9.17) is 4.74 Å². The van der Waals surface area contributed by atoms with Crippen molar-refractivity contribution in [1.29, 1.82) is 0 Å². The first-order valence-electron chi connectivity index (χ1n) is 5.75. The molecule has 1 aromatic carbocycles. The van der Waals surface area contributed by atoms with Crippen LogP contribution in [0.15, 0.2) is 24.4 Å². The fourth-order valence-electron chi connectivity index (χ4n) is 2.19. The third-order valence-corrected chi connectivity index (χ3v) is 4.33. The zero-order chi connectivity index (χ0) is 13.3. The molecular formula is C13H17NO3S. The average molecular weight is 267 g/mol. The van der Waals surface area contributed by atoms with Gasteiger partial charge in [0.2, 0.25) is 10.0 Å². The minimum absolute atomic E-state index is 0.0930. The van der Waals surface area contributed by atoms with Gasteiger partial charge in [-0.05, 0) is 42.7 Å². The van der Waals surface area contributed by atoms with Crippen molar-refractivity contribution < 1.29 is 13.2 Å². The normalized spacial score (nSPS) is 19.3. The topological polar surface area (TPSA) is 46.6 Å². The molecule has 0 spiro atoms. The summed E-state index contributed by atoms with van der Waals surface area (Å²) in [5.74, 6) is 0.794. The molecule has 0 aromatic heterocycles. The molecule has 18 heavy (non-hydrogen) atoms. The lowest BCUT2D eigenvalue weighted by Gasteiger charge is -2.24. The van der Waals surface area contributed by atoms with Crippen molar-refractivity contribution >= 4 is 16.1 Å². The van der Waals surface area contributed by atoms with E-state index < -0.39 is 10.0 Å². The Morgan fingerprint density at radius 1 is 1.39 bits per heavy atom. The van der Waals surface area contributed by atoms with Gasteiger partial charge in [0.1, 0.15) is 5.75 Å². The highest BCUT2D eigenvalue weighted by Crippen LogP contribution is 2.25. The van der Waals surface area contributed by atoms with Crippen molar-refractivity contribution in [2.75, 3.05) is 13.4 Å². The lowest BCUT2D eigenvalue weighted by Crippen LogP contribution is -2.34. The third kappa shape index (κ3) is 2.51. The number of benzene rings is 1. The second kappa shape index (κ2) is 4.65. The molecule has 0 radical (unpaired) electrons. The molecule has 0 saturated carbocycles. The van der Waals surface area contributed by atoms with E-state index in [1.165, 1.54) is 10.6 Å². The molecule has 0 aliphatic carbocycles. The van der Waals surface area contributed by atoms with Crippen molar-refractivity contribution in [3.63, 3.8) is 0 Å². The van der Waals surface area contributed by atoms with Crippen LogP contribution in [0.1, 0.15) is 18.1 Å². The van der Waals surface area contributed by atoms with Crippen LogP contribution in [0.5, 0.6) is 5.75 Å². The number of nitrogens with zero attached hydrogens (tertiary/aromatic N) is 1. The fraction of sp³-hybridized carbons (Fsp3) is 0.385. The summed E-state index contributed by atoms with van der Waals surface area (Å²) in [6, 6.07) is 5.69. The Bertz CT molecular complexity index is 578. The summed E-state index contributed by atoms with van der Waals surface area (Å²) in [5, 5.41) is 0. The summed E-state index contributed by atoms with van der Waals surface area (Å²) >= 11 is 0. The molecule has 5 heteroatoms. The summed E-state index contributed by atoms with van der Waals surface area (Å²) in [5.41, 5.74) is 2.14. The van der Waals surface area contributed by atoms with Crippen LogP contribution in [0.25, 0.3) is 6.08 Å². The van der Waals surface area contributed by atoms with Gasteiger partial charge in [-0.1, -0.05) is 6.07 Å². The van der Waals surface area contributed by atoms with Gasteiger partial charge in [-0.2, -0.15) is 0 Å². The van der Waals surface area contributed by atoms with Crippen molar-refractivity contribution in [3.05, 3.63) is 35.5 Å². The highest BCUT2D eigenvalue weighted by molar-refractivity contribution is 7.88. The van der Waals surface area contributed by atoms with Crippen molar-refractivity contribution in [2.24, 2.45) is 0 Å². The first kappa shape index (κ1) is 13.0. The molecular weight excluding hydrogens is 250 g/mol. The van der Waals surface area contributed by atoms with Gasteiger partial charge in [0.05, 0.1) is 13.4 Å². The van der Waals surface area contributed by atoms with Crippen LogP contribution in [0, 0.1) is 0 Å². The molecule has 4 nitrogen and oxygen atoms in total. The van der Waals surface area contributed by atoms with E-state index in [0.29, 0.717) is 6.42 Å². The van der Waals surface area contributed by atoms with Crippen LogP contribution in [-0.2, 0) is 16.4 Å². The number of rotatable bonds is 2. The Balaban J connectivity index is 2.41. The van der Waals surface area contributed by atoms with E-state index >= 15 is 0 Å². The van der Waals surface area contributed by atoms with E-state index in [-0.39, 0.29) is 6.04 Å². The maximum Gasteiger partial charge on any atom is 0.231 e. The Labute approximate surface area is 108 Å². The van der Waals surface area contributed by atoms with E-state index in [1.54, 1.807) is 13.3 Å². The number of fused-ring (bicyclic) bond motifs is 1. The molecule has 0 N–H and O–H groups in total. The fourth-order valence-corrected chi connectivity index (χ4v) is 3.21. The molecule has 0 fully saturated rings. The quantitative estimate of drug-likeness (QED) is 0.822. The van der Waals surface area contributed by atoms with Crippen LogP contribution in [-0.4, -0.2) is 32.1 Å². The second-order valence-electron chi connectivity index (χ2n) is 4.53. The molecule has 2 rings (SSSR count). The lowest BCUT2D eigenvalue weighted by atomic mass is 10.0. The molecule has 0 bridgehead atoms. The third-order valence-electron chi connectivity index (χ3n) is 3.08. The van der Waals surface area contributed by atoms with E-state index in [1.807, 2.05) is 31.2 Å². The summed E-state index contributed by atoms with van der Waals surface area (Å²) in [7, 11) is -1.59. The minimum atomic E-state index is -3.22. The van der Waals surface area contributed by atoms with Gasteiger partial charge in [-0.3, -0.25) is 4.31 Å². The van der Waals surface area contributed by atoms with Crippen molar-refractivity contribution in [1.82, 2.24) is 4.31 Å². The maximum atomic E-state index is 11.7. The molecule has 0 saturated heterocycles. The van der Waals surface area contributed by atoms with E-state index in [9.17, 15) is 8.42 Å². The first-order chi connectivity index (χ1) is 8.41. The van der Waals surface area contributed by atoms with Crippen molar-refractivity contribution in [2.45, 2.75) is 19.4 Å². The number of methoxy groups -OCH3 is 1. The number of sulfonamides is 1. The van der Waals surface area contributed by atoms with E-state index in [2.05, 4.69) is 0 Å².